The van der Waals surface area contributed by atoms with Crippen LogP contribution >= 0.6 is 12.6 Å². The summed E-state index contributed by atoms with van der Waals surface area (Å²) in [5, 5.41) is 0. The molecule has 0 fully saturated rings. The number of hydrogen-bond donors (Lipinski definition) is 1. The van der Waals surface area contributed by atoms with Gasteiger partial charge in [-0.2, -0.15) is 12.6 Å². The van der Waals surface area contributed by atoms with E-state index in [4.69, 9.17) is 0 Å². The second-order valence-corrected chi connectivity index (χ2v) is 5.64. The Bertz CT molecular complexity index is 369. The molecule has 1 heteroatoms. The number of allylic oxidation sites excluding steroid dienone is 4. The van der Waals surface area contributed by atoms with Crippen LogP contribution in [0, 0.1) is 0 Å². The molecule has 14 heavy (non-hydrogen) atoms. The van der Waals surface area contributed by atoms with E-state index < -0.39 is 0 Å². The Hall–Kier alpha value is -0.650. The molecule has 0 unspecified atom stereocenters. The van der Waals surface area contributed by atoms with E-state index in [2.05, 4.69) is 50.4 Å². The van der Waals surface area contributed by atoms with Crippen LogP contribution in [0.4, 0.5) is 0 Å². The van der Waals surface area contributed by atoms with Crippen LogP contribution in [-0.4, -0.2) is 4.75 Å². The molecule has 0 saturated heterocycles. The normalized spacial score (nSPS) is 20.9. The lowest BCUT2D eigenvalue weighted by Gasteiger charge is -2.18. The van der Waals surface area contributed by atoms with E-state index in [0.29, 0.717) is 0 Å². The minimum Gasteiger partial charge on any atom is -0.168 e. The molecule has 0 N–H and O–H groups in total. The first-order valence-corrected chi connectivity index (χ1v) is 5.61. The van der Waals surface area contributed by atoms with Crippen molar-refractivity contribution in [2.24, 2.45) is 0 Å². The van der Waals surface area contributed by atoms with Crippen molar-refractivity contribution in [1.29, 1.82) is 0 Å². The molecule has 0 atom stereocenters. The Balaban J connectivity index is 2.43. The highest BCUT2D eigenvalue weighted by Crippen LogP contribution is 2.33. The Morgan fingerprint density at radius 1 is 1.21 bits per heavy atom. The predicted molar refractivity (Wildman–Crippen MR) is 64.7 cm³/mol. The lowest BCUT2D eigenvalue weighted by molar-refractivity contribution is 0.859. The first-order chi connectivity index (χ1) is 6.57. The van der Waals surface area contributed by atoms with Gasteiger partial charge in [-0.3, -0.25) is 0 Å². The third kappa shape index (κ3) is 1.89. The molecular weight excluding hydrogens is 188 g/mol. The van der Waals surface area contributed by atoms with Crippen LogP contribution in [0.25, 0.3) is 0 Å². The highest BCUT2D eigenvalue weighted by molar-refractivity contribution is 7.82. The maximum atomic E-state index is 4.60. The summed E-state index contributed by atoms with van der Waals surface area (Å²) in [7, 11) is 0. The third-order valence-corrected chi connectivity index (χ3v) is 3.10. The molecule has 0 saturated carbocycles. The Labute approximate surface area is 91.5 Å². The summed E-state index contributed by atoms with van der Waals surface area (Å²) in [6, 6.07) is 0. The van der Waals surface area contributed by atoms with Crippen LogP contribution in [0.1, 0.15) is 33.1 Å². The van der Waals surface area contributed by atoms with Crippen molar-refractivity contribution in [1.82, 2.24) is 0 Å². The van der Waals surface area contributed by atoms with Gasteiger partial charge in [-0.15, -0.1) is 5.73 Å². The molecule has 2 aliphatic carbocycles. The summed E-state index contributed by atoms with van der Waals surface area (Å²) in [6.07, 6.45) is 10.2. The average Bonchev–Trinajstić information content (AvgIpc) is 2.41. The molecule has 0 aromatic heterocycles. The molecule has 0 aromatic rings. The van der Waals surface area contributed by atoms with Gasteiger partial charge >= 0.3 is 0 Å². The van der Waals surface area contributed by atoms with Gasteiger partial charge in [0.15, 0.2) is 0 Å². The van der Waals surface area contributed by atoms with Gasteiger partial charge in [-0.05, 0) is 62.0 Å². The minimum absolute atomic E-state index is 0.0636. The summed E-state index contributed by atoms with van der Waals surface area (Å²) in [5.74, 6) is 0. The summed E-state index contributed by atoms with van der Waals surface area (Å²) in [5.41, 5.74) is 7.47. The minimum atomic E-state index is -0.0636. The fourth-order valence-electron chi connectivity index (χ4n) is 1.93. The lowest BCUT2D eigenvalue weighted by Crippen LogP contribution is -2.12. The topological polar surface area (TPSA) is 0 Å². The van der Waals surface area contributed by atoms with Crippen molar-refractivity contribution in [3.8, 4) is 0 Å². The van der Waals surface area contributed by atoms with Crippen molar-refractivity contribution < 1.29 is 0 Å². The molecular formula is C13H16S. The van der Waals surface area contributed by atoms with E-state index in [1.165, 1.54) is 36.0 Å². The van der Waals surface area contributed by atoms with Crippen LogP contribution < -0.4 is 0 Å². The van der Waals surface area contributed by atoms with E-state index in [1.807, 2.05) is 0 Å². The van der Waals surface area contributed by atoms with Gasteiger partial charge < -0.3 is 0 Å². The third-order valence-electron chi connectivity index (χ3n) is 2.84. The van der Waals surface area contributed by atoms with Crippen LogP contribution in [-0.2, 0) is 0 Å². The zero-order valence-corrected chi connectivity index (χ0v) is 9.70. The van der Waals surface area contributed by atoms with E-state index in [9.17, 15) is 0 Å². The van der Waals surface area contributed by atoms with Gasteiger partial charge in [-0.25, -0.2) is 0 Å². The van der Waals surface area contributed by atoms with E-state index in [0.717, 1.165) is 0 Å². The quantitative estimate of drug-likeness (QED) is 0.487. The fraction of sp³-hybridized carbons (Fsp3) is 0.462. The maximum Gasteiger partial charge on any atom is 0.0328 e. The Morgan fingerprint density at radius 2 is 1.93 bits per heavy atom. The maximum absolute atomic E-state index is 4.60. The first-order valence-electron chi connectivity index (χ1n) is 5.16. The van der Waals surface area contributed by atoms with E-state index in [-0.39, 0.29) is 4.75 Å². The van der Waals surface area contributed by atoms with Gasteiger partial charge in [0.05, 0.1) is 0 Å². The lowest BCUT2D eigenvalue weighted by atomic mass is 9.99. The Morgan fingerprint density at radius 3 is 2.64 bits per heavy atom. The van der Waals surface area contributed by atoms with Crippen molar-refractivity contribution in [2.45, 2.75) is 37.9 Å². The van der Waals surface area contributed by atoms with Gasteiger partial charge in [0.25, 0.3) is 0 Å². The van der Waals surface area contributed by atoms with Crippen molar-refractivity contribution in [3.63, 3.8) is 0 Å². The van der Waals surface area contributed by atoms with Gasteiger partial charge in [0.1, 0.15) is 0 Å². The molecule has 0 radical (unpaired) electrons. The fourth-order valence-corrected chi connectivity index (χ4v) is 2.06. The van der Waals surface area contributed by atoms with E-state index in [1.54, 1.807) is 0 Å². The van der Waals surface area contributed by atoms with Crippen LogP contribution in [0.2, 0.25) is 0 Å². The summed E-state index contributed by atoms with van der Waals surface area (Å²) in [6.45, 7) is 4.25. The zero-order chi connectivity index (χ0) is 10.2. The smallest absolute Gasteiger partial charge is 0.0328 e. The number of thiol groups is 1. The molecule has 0 spiro atoms. The van der Waals surface area contributed by atoms with Gasteiger partial charge in [0.2, 0.25) is 0 Å². The first kappa shape index (κ1) is 9.89. The highest BCUT2D eigenvalue weighted by atomic mass is 32.1. The van der Waals surface area contributed by atoms with Crippen molar-refractivity contribution in [3.05, 3.63) is 40.7 Å². The summed E-state index contributed by atoms with van der Waals surface area (Å²) < 4.78 is -0.0636. The monoisotopic (exact) mass is 204 g/mol. The molecule has 0 aromatic carbocycles. The average molecular weight is 204 g/mol. The van der Waals surface area contributed by atoms with Crippen LogP contribution in [0.15, 0.2) is 40.7 Å². The SMILES string of the molecule is CC(C)(S)C1=CC2=C(C=C=C1)CCC2. The molecule has 2 aliphatic rings. The second-order valence-electron chi connectivity index (χ2n) is 4.52. The Kier molecular flexibility index (Phi) is 2.47. The standard InChI is InChI=1S/C13H16S/c1-13(2,14)12-8-4-6-10-5-3-7-11(10)9-12/h6,8-9,14H,3,5,7H2,1-2H3. The summed E-state index contributed by atoms with van der Waals surface area (Å²) in [4.78, 5) is 0. The van der Waals surface area contributed by atoms with E-state index >= 15 is 0 Å². The predicted octanol–water partition coefficient (Wildman–Crippen LogP) is 3.83. The second kappa shape index (κ2) is 3.49. The van der Waals surface area contributed by atoms with Crippen molar-refractivity contribution >= 4 is 12.6 Å². The molecule has 0 aliphatic heterocycles. The number of rotatable bonds is 1. The molecule has 0 bridgehead atoms. The van der Waals surface area contributed by atoms with Crippen molar-refractivity contribution in [2.75, 3.05) is 0 Å². The zero-order valence-electron chi connectivity index (χ0n) is 8.80. The van der Waals surface area contributed by atoms with Gasteiger partial charge in [-0.1, -0.05) is 6.08 Å². The number of hydrogen-bond acceptors (Lipinski definition) is 1. The molecule has 0 heterocycles. The molecule has 2 rings (SSSR count). The molecule has 74 valence electrons. The van der Waals surface area contributed by atoms with Gasteiger partial charge in [0, 0.05) is 4.75 Å². The van der Waals surface area contributed by atoms with Crippen LogP contribution in [0.3, 0.4) is 0 Å². The van der Waals surface area contributed by atoms with Crippen LogP contribution in [0.5, 0.6) is 0 Å². The molecule has 0 amide bonds. The molecule has 0 nitrogen and oxygen atoms in total. The highest BCUT2D eigenvalue weighted by Gasteiger charge is 2.19. The summed E-state index contributed by atoms with van der Waals surface area (Å²) >= 11 is 4.60. The largest absolute Gasteiger partial charge is 0.168 e.